The number of aromatic carboxylic acids is 1. The minimum absolute atomic E-state index is 0.0169. The molecule has 0 spiro atoms. The van der Waals surface area contributed by atoms with Crippen LogP contribution in [-0.2, 0) is 17.8 Å². The zero-order valence-electron chi connectivity index (χ0n) is 23.8. The second kappa shape index (κ2) is 11.4. The number of nitrogens with zero attached hydrogens (tertiary/aromatic N) is 2. The molecule has 0 unspecified atom stereocenters. The van der Waals surface area contributed by atoms with E-state index in [4.69, 9.17) is 4.74 Å². The van der Waals surface area contributed by atoms with E-state index in [-0.39, 0.29) is 23.9 Å². The molecule has 0 fully saturated rings. The molecule has 1 amide bonds. The Bertz CT molecular complexity index is 1970. The van der Waals surface area contributed by atoms with Gasteiger partial charge in [-0.25, -0.2) is 14.2 Å². The highest BCUT2D eigenvalue weighted by atomic mass is 32.1. The van der Waals surface area contributed by atoms with Crippen molar-refractivity contribution in [1.29, 1.82) is 0 Å². The Morgan fingerprint density at radius 2 is 2.00 bits per heavy atom. The van der Waals surface area contributed by atoms with Crippen molar-refractivity contribution in [3.05, 3.63) is 82.5 Å². The standard InChI is InChI=1S/C32H30FN5O4S/c1-17(2)28-29(31(32(40)41)37-30(28)24-10-18(33)11-25-21(24)4-6-34-25)23-13-20(42-3)14-26-22(23)5-8-38(26)9-7-35-27(39)12-19-15-43-16-36-19/h4-6,8,10-11,13-17,34,37H,7,9,12H2,1-3H3,(H,35,39)(H,40,41). The molecule has 0 atom stereocenters. The number of rotatable bonds is 10. The van der Waals surface area contributed by atoms with Gasteiger partial charge in [-0.05, 0) is 47.4 Å². The van der Waals surface area contributed by atoms with Crippen LogP contribution in [0, 0.1) is 5.82 Å². The van der Waals surface area contributed by atoms with Gasteiger partial charge in [0.1, 0.15) is 17.3 Å². The molecule has 0 aliphatic rings. The van der Waals surface area contributed by atoms with Crippen molar-refractivity contribution in [3.63, 3.8) is 0 Å². The number of halogens is 1. The lowest BCUT2D eigenvalue weighted by Crippen LogP contribution is -2.28. The fraction of sp³-hybridized carbons (Fsp3) is 0.219. The summed E-state index contributed by atoms with van der Waals surface area (Å²) in [6.07, 6.45) is 3.87. The van der Waals surface area contributed by atoms with Gasteiger partial charge < -0.3 is 29.7 Å². The van der Waals surface area contributed by atoms with Gasteiger partial charge in [-0.15, -0.1) is 11.3 Å². The summed E-state index contributed by atoms with van der Waals surface area (Å²) >= 11 is 1.45. The number of fused-ring (bicyclic) bond motifs is 2. The van der Waals surface area contributed by atoms with E-state index in [1.54, 1.807) is 18.8 Å². The smallest absolute Gasteiger partial charge is 0.352 e. The SMILES string of the molecule is COc1cc(-c2c(C(=O)O)[nH]c(-c3cc(F)cc4[nH]ccc34)c2C(C)C)c2ccn(CCNC(=O)Cc3cscn3)c2c1. The number of aromatic nitrogens is 4. The number of carboxylic acids is 1. The van der Waals surface area contributed by atoms with Crippen molar-refractivity contribution in [1.82, 2.24) is 24.8 Å². The number of amides is 1. The van der Waals surface area contributed by atoms with Crippen LogP contribution in [0.4, 0.5) is 4.39 Å². The van der Waals surface area contributed by atoms with E-state index >= 15 is 0 Å². The Labute approximate surface area is 250 Å². The first-order valence-corrected chi connectivity index (χ1v) is 14.8. The maximum Gasteiger partial charge on any atom is 0.352 e. The molecule has 0 aliphatic heterocycles. The van der Waals surface area contributed by atoms with Crippen molar-refractivity contribution in [2.45, 2.75) is 32.7 Å². The summed E-state index contributed by atoms with van der Waals surface area (Å²) in [6, 6.07) is 10.4. The zero-order chi connectivity index (χ0) is 30.2. The van der Waals surface area contributed by atoms with Gasteiger partial charge in [0, 0.05) is 64.3 Å². The molecule has 43 heavy (non-hydrogen) atoms. The van der Waals surface area contributed by atoms with E-state index in [0.29, 0.717) is 46.7 Å². The number of carboxylic acid groups (broad SMARTS) is 1. The van der Waals surface area contributed by atoms with Gasteiger partial charge in [-0.1, -0.05) is 13.8 Å². The average Bonchev–Trinajstić information content (AvgIpc) is 3.78. The number of hydrogen-bond donors (Lipinski definition) is 4. The lowest BCUT2D eigenvalue weighted by molar-refractivity contribution is -0.120. The molecule has 4 aromatic heterocycles. The maximum atomic E-state index is 14.7. The summed E-state index contributed by atoms with van der Waals surface area (Å²) in [7, 11) is 1.57. The molecular weight excluding hydrogens is 569 g/mol. The van der Waals surface area contributed by atoms with Crippen LogP contribution in [0.25, 0.3) is 44.2 Å². The highest BCUT2D eigenvalue weighted by molar-refractivity contribution is 7.07. The largest absolute Gasteiger partial charge is 0.497 e. The van der Waals surface area contributed by atoms with Crippen LogP contribution in [0.3, 0.4) is 0 Å². The van der Waals surface area contributed by atoms with Crippen molar-refractivity contribution in [3.8, 4) is 28.1 Å². The van der Waals surface area contributed by atoms with Crippen LogP contribution in [0.15, 0.2) is 59.7 Å². The van der Waals surface area contributed by atoms with E-state index in [1.165, 1.54) is 23.5 Å². The van der Waals surface area contributed by atoms with Gasteiger partial charge >= 0.3 is 5.97 Å². The summed E-state index contributed by atoms with van der Waals surface area (Å²) in [5.74, 6) is -1.21. The predicted octanol–water partition coefficient (Wildman–Crippen LogP) is 6.57. The zero-order valence-corrected chi connectivity index (χ0v) is 24.6. The normalized spacial score (nSPS) is 11.6. The van der Waals surface area contributed by atoms with Crippen LogP contribution in [0.1, 0.15) is 41.5 Å². The molecule has 0 bridgehead atoms. The number of thiazole rings is 1. The van der Waals surface area contributed by atoms with E-state index < -0.39 is 11.8 Å². The number of ether oxygens (including phenoxy) is 1. The van der Waals surface area contributed by atoms with Gasteiger partial charge in [0.15, 0.2) is 0 Å². The molecule has 6 rings (SSSR count). The molecule has 6 aromatic rings. The van der Waals surface area contributed by atoms with Gasteiger partial charge in [-0.3, -0.25) is 4.79 Å². The number of methoxy groups -OCH3 is 1. The number of carbonyl (C=O) groups is 2. The highest BCUT2D eigenvalue weighted by Gasteiger charge is 2.28. The molecule has 9 nitrogen and oxygen atoms in total. The predicted molar refractivity (Wildman–Crippen MR) is 165 cm³/mol. The van der Waals surface area contributed by atoms with E-state index in [2.05, 4.69) is 20.3 Å². The molecule has 4 N–H and O–H groups in total. The van der Waals surface area contributed by atoms with Crippen LogP contribution >= 0.6 is 11.3 Å². The van der Waals surface area contributed by atoms with Crippen molar-refractivity contribution < 1.29 is 23.8 Å². The number of H-pyrrole nitrogens is 2. The Balaban J connectivity index is 1.45. The first-order chi connectivity index (χ1) is 20.7. The molecule has 0 radical (unpaired) electrons. The monoisotopic (exact) mass is 599 g/mol. The Morgan fingerprint density at radius 3 is 2.72 bits per heavy atom. The fourth-order valence-corrected chi connectivity index (χ4v) is 6.30. The van der Waals surface area contributed by atoms with Gasteiger partial charge in [0.2, 0.25) is 5.91 Å². The van der Waals surface area contributed by atoms with Crippen LogP contribution < -0.4 is 10.1 Å². The van der Waals surface area contributed by atoms with Crippen LogP contribution in [0.5, 0.6) is 5.75 Å². The Morgan fingerprint density at radius 1 is 1.16 bits per heavy atom. The molecule has 0 saturated heterocycles. The molecule has 0 saturated carbocycles. The number of carbonyl (C=O) groups excluding carboxylic acids is 1. The molecular formula is C32H30FN5O4S. The summed E-state index contributed by atoms with van der Waals surface area (Å²) in [4.78, 5) is 35.5. The summed E-state index contributed by atoms with van der Waals surface area (Å²) in [5.41, 5.74) is 7.03. The fourth-order valence-electron chi connectivity index (χ4n) is 5.74. The topological polar surface area (TPSA) is 125 Å². The van der Waals surface area contributed by atoms with E-state index in [1.807, 2.05) is 54.3 Å². The molecule has 0 aliphatic carbocycles. The molecule has 4 heterocycles. The maximum absolute atomic E-state index is 14.7. The van der Waals surface area contributed by atoms with Crippen molar-refractivity contribution in [2.75, 3.05) is 13.7 Å². The Kier molecular flexibility index (Phi) is 7.49. The minimum atomic E-state index is -1.12. The molecule has 11 heteroatoms. The first kappa shape index (κ1) is 28.2. The van der Waals surface area contributed by atoms with E-state index in [0.717, 1.165) is 27.5 Å². The first-order valence-electron chi connectivity index (χ1n) is 13.8. The number of aromatic amines is 2. The second-order valence-corrected chi connectivity index (χ2v) is 11.4. The van der Waals surface area contributed by atoms with Gasteiger partial charge in [0.05, 0.1) is 35.9 Å². The summed E-state index contributed by atoms with van der Waals surface area (Å²) < 4.78 is 22.4. The summed E-state index contributed by atoms with van der Waals surface area (Å²) in [6.45, 7) is 4.88. The van der Waals surface area contributed by atoms with Gasteiger partial charge in [0.25, 0.3) is 0 Å². The lowest BCUT2D eigenvalue weighted by atomic mass is 9.89. The number of hydrogen-bond acceptors (Lipinski definition) is 5. The summed E-state index contributed by atoms with van der Waals surface area (Å²) in [5, 5.41) is 16.8. The Hall–Kier alpha value is -4.90. The second-order valence-electron chi connectivity index (χ2n) is 10.6. The van der Waals surface area contributed by atoms with Crippen LogP contribution in [0.2, 0.25) is 0 Å². The number of nitrogens with one attached hydrogen (secondary N) is 3. The molecule has 220 valence electrons. The third-order valence-electron chi connectivity index (χ3n) is 7.60. The quantitative estimate of drug-likeness (QED) is 0.142. The third-order valence-corrected chi connectivity index (χ3v) is 8.24. The van der Waals surface area contributed by atoms with E-state index in [9.17, 15) is 19.1 Å². The third kappa shape index (κ3) is 5.27. The van der Waals surface area contributed by atoms with Crippen molar-refractivity contribution in [2.24, 2.45) is 0 Å². The average molecular weight is 600 g/mol. The highest BCUT2D eigenvalue weighted by Crippen LogP contribution is 2.45. The molecule has 2 aromatic carbocycles. The van der Waals surface area contributed by atoms with Crippen molar-refractivity contribution >= 4 is 45.0 Å². The lowest BCUT2D eigenvalue weighted by Gasteiger charge is -2.15. The van der Waals surface area contributed by atoms with Crippen LogP contribution in [-0.4, -0.2) is 50.2 Å². The number of benzene rings is 2. The van der Waals surface area contributed by atoms with Gasteiger partial charge in [-0.2, -0.15) is 0 Å². The minimum Gasteiger partial charge on any atom is -0.497 e.